The van der Waals surface area contributed by atoms with E-state index in [4.69, 9.17) is 15.7 Å². The molecule has 0 aliphatic carbocycles. The number of hydrogen-bond donors (Lipinski definition) is 2. The lowest BCUT2D eigenvalue weighted by molar-refractivity contribution is 0.151. The molecule has 1 aromatic rings. The quantitative estimate of drug-likeness (QED) is 0.377. The number of amidine groups is 1. The highest BCUT2D eigenvalue weighted by molar-refractivity contribution is 5.85. The van der Waals surface area contributed by atoms with Crippen molar-refractivity contribution in [2.45, 2.75) is 26.3 Å². The topological polar surface area (TPSA) is 84.0 Å². The van der Waals surface area contributed by atoms with Crippen molar-refractivity contribution in [3.63, 3.8) is 0 Å². The van der Waals surface area contributed by atoms with Crippen molar-refractivity contribution < 1.29 is 9.94 Å². The molecule has 3 N–H and O–H groups in total. The van der Waals surface area contributed by atoms with E-state index < -0.39 is 0 Å². The highest BCUT2D eigenvalue weighted by Crippen LogP contribution is 2.31. The molecule has 6 heteroatoms. The van der Waals surface area contributed by atoms with Crippen LogP contribution in [0.3, 0.4) is 0 Å². The second-order valence-electron chi connectivity index (χ2n) is 5.49. The summed E-state index contributed by atoms with van der Waals surface area (Å²) in [5.41, 5.74) is 6.57. The second kappa shape index (κ2) is 6.09. The van der Waals surface area contributed by atoms with Gasteiger partial charge in [0.15, 0.2) is 0 Å². The molecule has 0 radical (unpaired) electrons. The van der Waals surface area contributed by atoms with Crippen LogP contribution in [0.2, 0.25) is 0 Å². The van der Waals surface area contributed by atoms with Crippen LogP contribution in [0.15, 0.2) is 23.4 Å². The molecule has 1 aromatic heterocycles. The molecule has 0 atom stereocenters. The monoisotopic (exact) mass is 278 g/mol. The van der Waals surface area contributed by atoms with E-state index in [-0.39, 0.29) is 5.41 Å². The molecule has 1 aliphatic heterocycles. The van der Waals surface area contributed by atoms with Crippen molar-refractivity contribution >= 4 is 5.84 Å². The Morgan fingerprint density at radius 1 is 1.50 bits per heavy atom. The molecule has 0 unspecified atom stereocenters. The lowest BCUT2D eigenvalue weighted by atomic mass is 9.79. The second-order valence-corrected chi connectivity index (χ2v) is 5.49. The predicted molar refractivity (Wildman–Crippen MR) is 76.8 cm³/mol. The highest BCUT2D eigenvalue weighted by atomic mass is 16.5. The van der Waals surface area contributed by atoms with Crippen LogP contribution in [0.4, 0.5) is 0 Å². The van der Waals surface area contributed by atoms with E-state index in [0.29, 0.717) is 11.7 Å². The Morgan fingerprint density at radius 2 is 2.20 bits per heavy atom. The first kappa shape index (κ1) is 14.6. The average molecular weight is 278 g/mol. The van der Waals surface area contributed by atoms with Crippen LogP contribution in [-0.4, -0.2) is 41.1 Å². The average Bonchev–Trinajstić information content (AvgIpc) is 2.49. The first-order valence-electron chi connectivity index (χ1n) is 6.78. The van der Waals surface area contributed by atoms with Gasteiger partial charge in [0.25, 0.3) is 0 Å². The largest absolute Gasteiger partial charge is 0.481 e. The lowest BCUT2D eigenvalue weighted by Gasteiger charge is -2.38. The van der Waals surface area contributed by atoms with Crippen molar-refractivity contribution in [3.05, 3.63) is 23.9 Å². The van der Waals surface area contributed by atoms with Gasteiger partial charge in [-0.05, 0) is 32.0 Å². The van der Waals surface area contributed by atoms with Gasteiger partial charge in [-0.15, -0.1) is 0 Å². The summed E-state index contributed by atoms with van der Waals surface area (Å²) in [6.45, 7) is 4.66. The Balaban J connectivity index is 1.94. The van der Waals surface area contributed by atoms with E-state index in [9.17, 15) is 0 Å². The van der Waals surface area contributed by atoms with Gasteiger partial charge >= 0.3 is 0 Å². The Hall–Kier alpha value is -1.82. The molecule has 2 heterocycles. The zero-order chi connectivity index (χ0) is 14.6. The van der Waals surface area contributed by atoms with E-state index in [0.717, 1.165) is 38.2 Å². The van der Waals surface area contributed by atoms with Crippen molar-refractivity contribution in [3.8, 4) is 5.88 Å². The maximum atomic E-state index is 8.84. The van der Waals surface area contributed by atoms with E-state index in [1.807, 2.05) is 25.1 Å². The van der Waals surface area contributed by atoms with Crippen LogP contribution in [0.1, 0.15) is 25.5 Å². The maximum Gasteiger partial charge on any atom is 0.213 e. The number of methoxy groups -OCH3 is 1. The number of piperidine rings is 1. The smallest absolute Gasteiger partial charge is 0.213 e. The molecular weight excluding hydrogens is 256 g/mol. The normalized spacial score (nSPS) is 19.8. The van der Waals surface area contributed by atoms with Crippen molar-refractivity contribution in [2.75, 3.05) is 20.2 Å². The number of nitrogens with zero attached hydrogens (tertiary/aromatic N) is 3. The fraction of sp³-hybridized carbons (Fsp3) is 0.571. The van der Waals surface area contributed by atoms with Gasteiger partial charge in [-0.25, -0.2) is 4.98 Å². The first-order chi connectivity index (χ1) is 9.57. The molecular formula is C14H22N4O2. The fourth-order valence-corrected chi connectivity index (χ4v) is 2.47. The maximum absolute atomic E-state index is 8.84. The molecule has 0 spiro atoms. The Bertz CT molecular complexity index is 482. The molecule has 20 heavy (non-hydrogen) atoms. The van der Waals surface area contributed by atoms with Gasteiger partial charge in [0.05, 0.1) is 12.8 Å². The van der Waals surface area contributed by atoms with E-state index in [1.165, 1.54) is 0 Å². The van der Waals surface area contributed by atoms with Crippen LogP contribution in [-0.2, 0) is 6.54 Å². The zero-order valence-corrected chi connectivity index (χ0v) is 12.0. The van der Waals surface area contributed by atoms with Crippen molar-refractivity contribution in [1.82, 2.24) is 9.88 Å². The number of rotatable bonds is 4. The van der Waals surface area contributed by atoms with Gasteiger partial charge in [-0.2, -0.15) is 0 Å². The van der Waals surface area contributed by atoms with Gasteiger partial charge < -0.3 is 15.7 Å². The van der Waals surface area contributed by atoms with Crippen molar-refractivity contribution in [1.29, 1.82) is 0 Å². The van der Waals surface area contributed by atoms with Crippen LogP contribution < -0.4 is 10.5 Å². The number of ether oxygens (including phenoxy) is 1. The van der Waals surface area contributed by atoms with Crippen LogP contribution in [0.25, 0.3) is 0 Å². The molecule has 0 aromatic carbocycles. The molecule has 0 bridgehead atoms. The number of likely N-dealkylation sites (tertiary alicyclic amines) is 1. The highest BCUT2D eigenvalue weighted by Gasteiger charge is 2.34. The molecule has 0 amide bonds. The summed E-state index contributed by atoms with van der Waals surface area (Å²) in [5.74, 6) is 0.970. The Labute approximate surface area is 119 Å². The van der Waals surface area contributed by atoms with Crippen LogP contribution in [0.5, 0.6) is 5.88 Å². The minimum atomic E-state index is -0.201. The summed E-state index contributed by atoms with van der Waals surface area (Å²) in [6.07, 6.45) is 1.76. The van der Waals surface area contributed by atoms with Crippen LogP contribution in [0, 0.1) is 5.41 Å². The summed E-state index contributed by atoms with van der Waals surface area (Å²) in [5, 5.41) is 12.0. The standard InChI is InChI=1S/C14H22N4O2/c1-14(13(15)17-19)6-8-18(9-7-14)10-11-4-3-5-12(16-11)20-2/h3-5,19H,6-10H2,1-2H3,(H2,15,17). The minimum Gasteiger partial charge on any atom is -0.481 e. The summed E-state index contributed by atoms with van der Waals surface area (Å²) in [7, 11) is 1.62. The van der Waals surface area contributed by atoms with E-state index in [1.54, 1.807) is 7.11 Å². The lowest BCUT2D eigenvalue weighted by Crippen LogP contribution is -2.45. The number of hydrogen-bond acceptors (Lipinski definition) is 5. The molecule has 2 rings (SSSR count). The molecule has 1 saturated heterocycles. The van der Waals surface area contributed by atoms with E-state index in [2.05, 4.69) is 15.0 Å². The summed E-state index contributed by atoms with van der Waals surface area (Å²) in [4.78, 5) is 6.75. The zero-order valence-electron chi connectivity index (χ0n) is 12.0. The third-order valence-electron chi connectivity index (χ3n) is 4.06. The molecule has 6 nitrogen and oxygen atoms in total. The Kier molecular flexibility index (Phi) is 4.44. The number of aromatic nitrogens is 1. The Morgan fingerprint density at radius 3 is 2.80 bits per heavy atom. The minimum absolute atomic E-state index is 0.201. The molecule has 110 valence electrons. The fourth-order valence-electron chi connectivity index (χ4n) is 2.47. The summed E-state index contributed by atoms with van der Waals surface area (Å²) < 4.78 is 5.13. The number of nitrogens with two attached hydrogens (primary N) is 1. The van der Waals surface area contributed by atoms with Gasteiger partial charge in [-0.1, -0.05) is 18.1 Å². The predicted octanol–water partition coefficient (Wildman–Crippen LogP) is 1.44. The van der Waals surface area contributed by atoms with Gasteiger partial charge in [0.1, 0.15) is 5.84 Å². The molecule has 0 saturated carbocycles. The van der Waals surface area contributed by atoms with Crippen molar-refractivity contribution in [2.24, 2.45) is 16.3 Å². The summed E-state index contributed by atoms with van der Waals surface area (Å²) in [6, 6.07) is 5.79. The first-order valence-corrected chi connectivity index (χ1v) is 6.78. The third-order valence-corrected chi connectivity index (χ3v) is 4.06. The van der Waals surface area contributed by atoms with Gasteiger partial charge in [0, 0.05) is 18.0 Å². The van der Waals surface area contributed by atoms with Crippen LogP contribution >= 0.6 is 0 Å². The van der Waals surface area contributed by atoms with E-state index >= 15 is 0 Å². The third kappa shape index (κ3) is 3.19. The van der Waals surface area contributed by atoms with Gasteiger partial charge in [-0.3, -0.25) is 4.90 Å². The number of pyridine rings is 1. The summed E-state index contributed by atoms with van der Waals surface area (Å²) >= 11 is 0. The SMILES string of the molecule is COc1cccc(CN2CCC(C)(/C(N)=N/O)CC2)n1. The van der Waals surface area contributed by atoms with Gasteiger partial charge in [0.2, 0.25) is 5.88 Å². The molecule has 1 aliphatic rings. The molecule has 1 fully saturated rings. The number of oxime groups is 1.